The van der Waals surface area contributed by atoms with E-state index in [1.165, 1.54) is 0 Å². The monoisotopic (exact) mass is 193 g/mol. The third kappa shape index (κ3) is 1.70. The Morgan fingerprint density at radius 2 is 1.92 bits per heavy atom. The summed E-state index contributed by atoms with van der Waals surface area (Å²) in [5, 5.41) is 9.05. The van der Waals surface area contributed by atoms with Crippen LogP contribution in [0.2, 0.25) is 0 Å². The van der Waals surface area contributed by atoms with E-state index in [1.54, 1.807) is 0 Å². The standard InChI is InChI=1S/C7H6ClF2NO/c8-1-6(12)7-4(9)2-11-3-5(7)10/h2-3,6,12H,1H2. The van der Waals surface area contributed by atoms with Crippen LogP contribution in [0.3, 0.4) is 0 Å². The van der Waals surface area contributed by atoms with Gasteiger partial charge in [-0.3, -0.25) is 4.98 Å². The Bertz CT molecular complexity index is 262. The molecule has 66 valence electrons. The number of nitrogens with zero attached hydrogens (tertiary/aromatic N) is 1. The number of rotatable bonds is 2. The van der Waals surface area contributed by atoms with Gasteiger partial charge in [-0.2, -0.15) is 0 Å². The first-order chi connectivity index (χ1) is 5.66. The zero-order valence-electron chi connectivity index (χ0n) is 5.97. The van der Waals surface area contributed by atoms with Crippen molar-refractivity contribution in [1.29, 1.82) is 0 Å². The Morgan fingerprint density at radius 1 is 1.42 bits per heavy atom. The minimum absolute atomic E-state index is 0.252. The molecular weight excluding hydrogens is 188 g/mol. The van der Waals surface area contributed by atoms with Gasteiger partial charge in [-0.15, -0.1) is 11.6 Å². The maximum absolute atomic E-state index is 12.8. The number of alkyl halides is 1. The molecule has 0 aliphatic heterocycles. The van der Waals surface area contributed by atoms with Gasteiger partial charge < -0.3 is 5.11 Å². The fraction of sp³-hybridized carbons (Fsp3) is 0.286. The molecular formula is C7H6ClF2NO. The molecule has 0 aliphatic rings. The van der Waals surface area contributed by atoms with Crippen LogP contribution in [0.5, 0.6) is 0 Å². The van der Waals surface area contributed by atoms with Crippen molar-refractivity contribution >= 4 is 11.6 Å². The van der Waals surface area contributed by atoms with Crippen molar-refractivity contribution in [3.05, 3.63) is 29.6 Å². The largest absolute Gasteiger partial charge is 0.387 e. The smallest absolute Gasteiger partial charge is 0.150 e. The lowest BCUT2D eigenvalue weighted by Gasteiger charge is -2.07. The molecule has 0 aromatic carbocycles. The van der Waals surface area contributed by atoms with Crippen LogP contribution in [0, 0.1) is 11.6 Å². The normalized spacial score (nSPS) is 13.0. The lowest BCUT2D eigenvalue weighted by molar-refractivity contribution is 0.191. The van der Waals surface area contributed by atoms with Gasteiger partial charge in [0.05, 0.1) is 29.9 Å². The van der Waals surface area contributed by atoms with Gasteiger partial charge in [0.1, 0.15) is 11.6 Å². The van der Waals surface area contributed by atoms with Crippen LogP contribution in [0.1, 0.15) is 11.7 Å². The average Bonchev–Trinajstić information content (AvgIpc) is 2.03. The molecule has 1 unspecified atom stereocenters. The summed E-state index contributed by atoms with van der Waals surface area (Å²) < 4.78 is 25.5. The number of aliphatic hydroxyl groups excluding tert-OH is 1. The molecule has 0 aliphatic carbocycles. The van der Waals surface area contributed by atoms with Crippen LogP contribution in [0.4, 0.5) is 8.78 Å². The Hall–Kier alpha value is -0.740. The first-order valence-electron chi connectivity index (χ1n) is 3.19. The summed E-state index contributed by atoms with van der Waals surface area (Å²) in [5.74, 6) is -2.02. The highest BCUT2D eigenvalue weighted by molar-refractivity contribution is 6.18. The molecule has 1 rings (SSSR count). The Morgan fingerprint density at radius 3 is 2.33 bits per heavy atom. The molecule has 1 aromatic heterocycles. The van der Waals surface area contributed by atoms with E-state index in [0.29, 0.717) is 0 Å². The highest BCUT2D eigenvalue weighted by Gasteiger charge is 2.16. The summed E-state index contributed by atoms with van der Waals surface area (Å²) in [4.78, 5) is 3.26. The fourth-order valence-electron chi connectivity index (χ4n) is 0.817. The van der Waals surface area contributed by atoms with Gasteiger partial charge in [0.2, 0.25) is 0 Å². The predicted molar refractivity (Wildman–Crippen MR) is 39.8 cm³/mol. The number of pyridine rings is 1. The summed E-state index contributed by atoms with van der Waals surface area (Å²) in [6.45, 7) is 0. The van der Waals surface area contributed by atoms with Gasteiger partial charge in [0, 0.05) is 0 Å². The van der Waals surface area contributed by atoms with E-state index >= 15 is 0 Å². The molecule has 0 radical (unpaired) electrons. The topological polar surface area (TPSA) is 33.1 Å². The molecule has 0 fully saturated rings. The molecule has 0 amide bonds. The molecule has 0 saturated carbocycles. The van der Waals surface area contributed by atoms with Gasteiger partial charge in [0.25, 0.3) is 0 Å². The van der Waals surface area contributed by atoms with Crippen LogP contribution >= 0.6 is 11.6 Å². The van der Waals surface area contributed by atoms with E-state index < -0.39 is 23.3 Å². The fourth-order valence-corrected chi connectivity index (χ4v) is 0.971. The average molecular weight is 194 g/mol. The zero-order chi connectivity index (χ0) is 9.14. The van der Waals surface area contributed by atoms with Crippen LogP contribution < -0.4 is 0 Å². The van der Waals surface area contributed by atoms with Crippen LogP contribution in [-0.4, -0.2) is 16.0 Å². The number of hydrogen-bond acceptors (Lipinski definition) is 2. The van der Waals surface area contributed by atoms with Gasteiger partial charge in [0.15, 0.2) is 0 Å². The van der Waals surface area contributed by atoms with Gasteiger partial charge in [-0.05, 0) is 0 Å². The second kappa shape index (κ2) is 3.78. The first-order valence-corrected chi connectivity index (χ1v) is 3.73. The molecule has 0 spiro atoms. The molecule has 0 bridgehead atoms. The number of halogens is 3. The molecule has 1 aromatic rings. The molecule has 12 heavy (non-hydrogen) atoms. The molecule has 1 atom stereocenters. The summed E-state index contributed by atoms with van der Waals surface area (Å²) >= 11 is 5.23. The van der Waals surface area contributed by atoms with E-state index in [-0.39, 0.29) is 5.88 Å². The highest BCUT2D eigenvalue weighted by atomic mass is 35.5. The SMILES string of the molecule is OC(CCl)c1c(F)cncc1F. The molecule has 2 nitrogen and oxygen atoms in total. The Balaban J connectivity index is 3.12. The van der Waals surface area contributed by atoms with E-state index in [0.717, 1.165) is 12.4 Å². The number of hydrogen-bond donors (Lipinski definition) is 1. The minimum atomic E-state index is -1.32. The molecule has 0 saturated heterocycles. The first kappa shape index (κ1) is 9.35. The highest BCUT2D eigenvalue weighted by Crippen LogP contribution is 2.20. The van der Waals surface area contributed by atoms with E-state index in [2.05, 4.69) is 4.98 Å². The van der Waals surface area contributed by atoms with E-state index in [9.17, 15) is 8.78 Å². The molecule has 1 heterocycles. The van der Waals surface area contributed by atoms with Gasteiger partial charge in [-0.25, -0.2) is 8.78 Å². The van der Waals surface area contributed by atoms with Crippen LogP contribution in [-0.2, 0) is 0 Å². The third-order valence-electron chi connectivity index (χ3n) is 1.37. The predicted octanol–water partition coefficient (Wildman–Crippen LogP) is 1.63. The van der Waals surface area contributed by atoms with Crippen molar-refractivity contribution in [2.24, 2.45) is 0 Å². The molecule has 1 N–H and O–H groups in total. The van der Waals surface area contributed by atoms with Crippen LogP contribution in [0.15, 0.2) is 12.4 Å². The zero-order valence-corrected chi connectivity index (χ0v) is 6.72. The summed E-state index contributed by atoms with van der Waals surface area (Å²) in [6, 6.07) is 0. The lowest BCUT2D eigenvalue weighted by atomic mass is 10.1. The van der Waals surface area contributed by atoms with Crippen molar-refractivity contribution in [1.82, 2.24) is 4.98 Å². The van der Waals surface area contributed by atoms with E-state index in [1.807, 2.05) is 0 Å². The summed E-state index contributed by atoms with van der Waals surface area (Å²) in [7, 11) is 0. The third-order valence-corrected chi connectivity index (χ3v) is 1.66. The number of aromatic nitrogens is 1. The van der Waals surface area contributed by atoms with Crippen molar-refractivity contribution in [3.8, 4) is 0 Å². The lowest BCUT2D eigenvalue weighted by Crippen LogP contribution is -2.05. The minimum Gasteiger partial charge on any atom is -0.387 e. The number of aliphatic hydroxyl groups is 1. The Labute approximate surface area is 72.8 Å². The second-order valence-electron chi connectivity index (χ2n) is 2.19. The van der Waals surface area contributed by atoms with Gasteiger partial charge in [-0.1, -0.05) is 0 Å². The van der Waals surface area contributed by atoms with Gasteiger partial charge >= 0.3 is 0 Å². The van der Waals surface area contributed by atoms with Crippen molar-refractivity contribution < 1.29 is 13.9 Å². The van der Waals surface area contributed by atoms with Crippen molar-refractivity contribution in [3.63, 3.8) is 0 Å². The van der Waals surface area contributed by atoms with Crippen molar-refractivity contribution in [2.75, 3.05) is 5.88 Å². The van der Waals surface area contributed by atoms with Crippen LogP contribution in [0.25, 0.3) is 0 Å². The maximum atomic E-state index is 12.8. The summed E-state index contributed by atoms with van der Waals surface area (Å²) in [5.41, 5.74) is -0.431. The quantitative estimate of drug-likeness (QED) is 0.725. The van der Waals surface area contributed by atoms with Crippen molar-refractivity contribution in [2.45, 2.75) is 6.10 Å². The molecule has 5 heteroatoms. The second-order valence-corrected chi connectivity index (χ2v) is 2.50. The summed E-state index contributed by atoms with van der Waals surface area (Å²) in [6.07, 6.45) is 0.331. The Kier molecular flexibility index (Phi) is 2.94. The van der Waals surface area contributed by atoms with E-state index in [4.69, 9.17) is 16.7 Å². The maximum Gasteiger partial charge on any atom is 0.150 e.